The van der Waals surface area contributed by atoms with E-state index in [-0.39, 0.29) is 5.16 Å². The van der Waals surface area contributed by atoms with Crippen LogP contribution in [0, 0.1) is 0 Å². The first kappa shape index (κ1) is 10.1. The van der Waals surface area contributed by atoms with Gasteiger partial charge in [-0.25, -0.2) is 17.6 Å². The molecular formula is C9H10N2O3S. The van der Waals surface area contributed by atoms with Gasteiger partial charge in [0, 0.05) is 0 Å². The third-order valence-electron chi connectivity index (χ3n) is 2.40. The first-order chi connectivity index (χ1) is 6.93. The highest BCUT2D eigenvalue weighted by atomic mass is 32.2. The number of imidazole rings is 1. The summed E-state index contributed by atoms with van der Waals surface area (Å²) in [6.07, 6.45) is 0. The molecule has 0 amide bonds. The first-order valence-electron chi connectivity index (χ1n) is 4.32. The topological polar surface area (TPSA) is 66.0 Å². The van der Waals surface area contributed by atoms with Gasteiger partial charge in [-0.15, -0.1) is 0 Å². The van der Waals surface area contributed by atoms with E-state index in [1.54, 1.807) is 38.4 Å². The minimum absolute atomic E-state index is 0.233. The van der Waals surface area contributed by atoms with Crippen LogP contribution in [-0.4, -0.2) is 17.5 Å². The van der Waals surface area contributed by atoms with Gasteiger partial charge in [0.05, 0.1) is 14.1 Å². The average molecular weight is 226 g/mol. The largest absolute Gasteiger partial charge is 0.738 e. The van der Waals surface area contributed by atoms with Crippen molar-refractivity contribution in [2.24, 2.45) is 14.1 Å². The molecule has 2 aromatic rings. The first-order valence-corrected chi connectivity index (χ1v) is 5.73. The molecule has 0 N–H and O–H groups in total. The minimum Gasteiger partial charge on any atom is -0.738 e. The predicted octanol–water partition coefficient (Wildman–Crippen LogP) is -0.0931. The molecule has 0 atom stereocenters. The van der Waals surface area contributed by atoms with Gasteiger partial charge in [-0.05, 0) is 12.1 Å². The van der Waals surface area contributed by atoms with E-state index in [1.807, 2.05) is 0 Å². The maximum Gasteiger partial charge on any atom is 0.364 e. The summed E-state index contributed by atoms with van der Waals surface area (Å²) in [6.45, 7) is 0. The Hall–Kier alpha value is -1.40. The second-order valence-corrected chi connectivity index (χ2v) is 4.62. The summed E-state index contributed by atoms with van der Waals surface area (Å²) in [6, 6.07) is 7.13. The van der Waals surface area contributed by atoms with Crippen molar-refractivity contribution in [3.63, 3.8) is 0 Å². The van der Waals surface area contributed by atoms with Gasteiger partial charge in [-0.3, -0.25) is 0 Å². The van der Waals surface area contributed by atoms with Gasteiger partial charge in [0.15, 0.2) is 11.0 Å². The average Bonchev–Trinajstić information content (AvgIpc) is 2.39. The molecule has 0 radical (unpaired) electrons. The fourth-order valence-corrected chi connectivity index (χ4v) is 2.67. The molecule has 1 aromatic carbocycles. The zero-order chi connectivity index (χ0) is 11.2. The van der Waals surface area contributed by atoms with Crippen molar-refractivity contribution < 1.29 is 17.5 Å². The van der Waals surface area contributed by atoms with Gasteiger partial charge in [0.1, 0.15) is 0 Å². The highest BCUT2D eigenvalue weighted by Gasteiger charge is 2.24. The number of benzene rings is 1. The molecule has 0 saturated carbocycles. The van der Waals surface area contributed by atoms with Crippen LogP contribution in [0.25, 0.3) is 11.0 Å². The van der Waals surface area contributed by atoms with E-state index >= 15 is 0 Å². The van der Waals surface area contributed by atoms with Crippen LogP contribution >= 0.6 is 0 Å². The Balaban J connectivity index is 3.00. The number of rotatable bonds is 1. The molecular weight excluding hydrogens is 216 g/mol. The Morgan fingerprint density at radius 2 is 1.93 bits per heavy atom. The zero-order valence-corrected chi connectivity index (χ0v) is 9.15. The lowest BCUT2D eigenvalue weighted by atomic mass is 10.3. The third-order valence-corrected chi connectivity index (χ3v) is 3.40. The normalized spacial score (nSPS) is 12.2. The fourth-order valence-electron chi connectivity index (χ4n) is 1.80. The Bertz CT molecular complexity index is 589. The van der Waals surface area contributed by atoms with Crippen LogP contribution < -0.4 is 4.57 Å². The van der Waals surface area contributed by atoms with Crippen molar-refractivity contribution in [1.82, 2.24) is 4.57 Å². The van der Waals surface area contributed by atoms with Gasteiger partial charge in [-0.1, -0.05) is 12.1 Å². The lowest BCUT2D eigenvalue weighted by molar-refractivity contribution is -0.686. The Morgan fingerprint density at radius 3 is 2.47 bits per heavy atom. The van der Waals surface area contributed by atoms with E-state index in [0.29, 0.717) is 0 Å². The number of aryl methyl sites for hydroxylation is 2. The molecule has 6 heteroatoms. The predicted molar refractivity (Wildman–Crippen MR) is 52.1 cm³/mol. The molecule has 1 aromatic heterocycles. The molecule has 0 aliphatic carbocycles. The van der Waals surface area contributed by atoms with Gasteiger partial charge in [0.25, 0.3) is 0 Å². The Kier molecular flexibility index (Phi) is 2.06. The van der Waals surface area contributed by atoms with Crippen LogP contribution in [-0.2, 0) is 24.2 Å². The van der Waals surface area contributed by atoms with E-state index in [9.17, 15) is 13.0 Å². The lowest BCUT2D eigenvalue weighted by Crippen LogP contribution is -2.34. The standard InChI is InChI=1S/C9H10N2O3S/c1-10-7-5-3-4-6-8(7)11(2)9(10)15(12,13)14/h3-6H,1-2H3. The smallest absolute Gasteiger partial charge is 0.364 e. The van der Waals surface area contributed by atoms with Gasteiger partial charge >= 0.3 is 5.16 Å². The van der Waals surface area contributed by atoms with Crippen LogP contribution in [0.1, 0.15) is 0 Å². The summed E-state index contributed by atoms with van der Waals surface area (Å²) in [5.41, 5.74) is 1.43. The molecule has 1 heterocycles. The summed E-state index contributed by atoms with van der Waals surface area (Å²) < 4.78 is 35.9. The zero-order valence-electron chi connectivity index (χ0n) is 8.34. The number of para-hydroxylation sites is 2. The molecule has 2 rings (SSSR count). The van der Waals surface area contributed by atoms with E-state index in [2.05, 4.69) is 0 Å². The quantitative estimate of drug-likeness (QED) is 0.504. The van der Waals surface area contributed by atoms with Crippen molar-refractivity contribution in [1.29, 1.82) is 0 Å². The molecule has 0 bridgehead atoms. The minimum atomic E-state index is -4.45. The summed E-state index contributed by atoms with van der Waals surface area (Å²) >= 11 is 0. The van der Waals surface area contributed by atoms with Gasteiger partial charge in [-0.2, -0.15) is 0 Å². The maximum absolute atomic E-state index is 11.0. The van der Waals surface area contributed by atoms with E-state index < -0.39 is 10.1 Å². The molecule has 5 nitrogen and oxygen atoms in total. The molecule has 0 saturated heterocycles. The van der Waals surface area contributed by atoms with E-state index in [0.717, 1.165) is 11.0 Å². The highest BCUT2D eigenvalue weighted by molar-refractivity contribution is 7.85. The monoisotopic (exact) mass is 226 g/mol. The number of aromatic nitrogens is 2. The second kappa shape index (κ2) is 3.04. The van der Waals surface area contributed by atoms with E-state index in [1.165, 1.54) is 9.13 Å². The van der Waals surface area contributed by atoms with Crippen molar-refractivity contribution in [3.8, 4) is 0 Å². The summed E-state index contributed by atoms with van der Waals surface area (Å²) in [5.74, 6) is 0. The SMILES string of the molecule is Cn1c(S(=O)(=O)[O-])[n+](C)c2ccccc21. The summed E-state index contributed by atoms with van der Waals surface area (Å²) in [5, 5.41) is -0.233. The maximum atomic E-state index is 11.0. The Labute approximate surface area is 87.3 Å². The third kappa shape index (κ3) is 1.42. The van der Waals surface area contributed by atoms with Crippen LogP contribution in [0.2, 0.25) is 0 Å². The number of nitrogens with zero attached hydrogens (tertiary/aromatic N) is 2. The van der Waals surface area contributed by atoms with Crippen LogP contribution in [0.5, 0.6) is 0 Å². The van der Waals surface area contributed by atoms with Gasteiger partial charge in [0.2, 0.25) is 10.1 Å². The molecule has 0 spiro atoms. The number of hydrogen-bond donors (Lipinski definition) is 0. The highest BCUT2D eigenvalue weighted by Crippen LogP contribution is 2.14. The second-order valence-electron chi connectivity index (χ2n) is 3.34. The Morgan fingerprint density at radius 1 is 1.33 bits per heavy atom. The van der Waals surface area contributed by atoms with Crippen molar-refractivity contribution in [2.75, 3.05) is 0 Å². The van der Waals surface area contributed by atoms with Crippen molar-refractivity contribution in [2.45, 2.75) is 5.16 Å². The van der Waals surface area contributed by atoms with Crippen LogP contribution in [0.3, 0.4) is 0 Å². The van der Waals surface area contributed by atoms with Gasteiger partial charge < -0.3 is 4.55 Å². The number of hydrogen-bond acceptors (Lipinski definition) is 3. The van der Waals surface area contributed by atoms with Crippen molar-refractivity contribution in [3.05, 3.63) is 24.3 Å². The summed E-state index contributed by atoms with van der Waals surface area (Å²) in [4.78, 5) is 0. The van der Waals surface area contributed by atoms with Crippen LogP contribution in [0.15, 0.2) is 29.4 Å². The molecule has 0 fully saturated rings. The molecule has 0 unspecified atom stereocenters. The molecule has 80 valence electrons. The van der Waals surface area contributed by atoms with Crippen molar-refractivity contribution >= 4 is 21.2 Å². The fraction of sp³-hybridized carbons (Fsp3) is 0.222. The number of fused-ring (bicyclic) bond motifs is 1. The lowest BCUT2D eigenvalue weighted by Gasteiger charge is -2.02. The molecule has 0 aliphatic rings. The summed E-state index contributed by atoms with van der Waals surface area (Å²) in [7, 11) is -1.32. The van der Waals surface area contributed by atoms with Crippen LogP contribution in [0.4, 0.5) is 0 Å². The molecule has 15 heavy (non-hydrogen) atoms. The van der Waals surface area contributed by atoms with E-state index in [4.69, 9.17) is 0 Å². The molecule has 0 aliphatic heterocycles.